The van der Waals surface area contributed by atoms with E-state index in [2.05, 4.69) is 4.74 Å². The van der Waals surface area contributed by atoms with Crippen molar-refractivity contribution in [1.82, 2.24) is 0 Å². The van der Waals surface area contributed by atoms with Gasteiger partial charge in [0.15, 0.2) is 0 Å². The first-order chi connectivity index (χ1) is 17.0. The van der Waals surface area contributed by atoms with Crippen molar-refractivity contribution in [3.63, 3.8) is 0 Å². The second-order valence-electron chi connectivity index (χ2n) is 6.96. The lowest BCUT2D eigenvalue weighted by molar-refractivity contribution is -0.132. The van der Waals surface area contributed by atoms with Crippen molar-refractivity contribution in [1.29, 1.82) is 0 Å². The predicted molar refractivity (Wildman–Crippen MR) is 126 cm³/mol. The highest BCUT2D eigenvalue weighted by Crippen LogP contribution is 2.23. The predicted octanol–water partition coefficient (Wildman–Crippen LogP) is 4.55. The molecule has 0 fully saturated rings. The molecular weight excluding hydrogens is 494 g/mol. The SMILES string of the molecule is C.CC(=O)Oc1ccc(F)cc1C(=O)O.CC(=O)Oc1ccc(F)cc1C(=O)Oc1ccc(CO)cc1. The Balaban J connectivity index is 0.000000396. The van der Waals surface area contributed by atoms with Crippen LogP contribution in [0.3, 0.4) is 0 Å². The molecule has 0 amide bonds. The van der Waals surface area contributed by atoms with Gasteiger partial charge in [-0.1, -0.05) is 19.6 Å². The lowest BCUT2D eigenvalue weighted by Crippen LogP contribution is -2.13. The standard InChI is InChI=1S/C16H13FO5.C9H7FO4.CH4/c1-10(19)21-15-7-4-12(17)8-14(15)16(20)22-13-5-2-11(9-18)3-6-13;1-5(11)14-8-3-2-6(10)4-7(8)9(12)13;/h2-8,18H,9H2,1H3;2-4H,1H3,(H,12,13);1H4. The first kappa shape index (κ1) is 30.4. The molecule has 3 aromatic carbocycles. The number of aromatic carboxylic acids is 1. The van der Waals surface area contributed by atoms with Crippen LogP contribution in [0.15, 0.2) is 60.7 Å². The number of carbonyl (C=O) groups is 4. The van der Waals surface area contributed by atoms with Gasteiger partial charge in [0.25, 0.3) is 0 Å². The average molecular weight is 518 g/mol. The summed E-state index contributed by atoms with van der Waals surface area (Å²) in [4.78, 5) is 44.3. The molecule has 196 valence electrons. The van der Waals surface area contributed by atoms with E-state index in [1.165, 1.54) is 25.1 Å². The van der Waals surface area contributed by atoms with E-state index in [4.69, 9.17) is 19.7 Å². The number of hydrogen-bond donors (Lipinski definition) is 2. The molecule has 2 N–H and O–H groups in total. The number of halogens is 2. The van der Waals surface area contributed by atoms with Crippen LogP contribution in [0.1, 0.15) is 47.6 Å². The van der Waals surface area contributed by atoms with Crippen molar-refractivity contribution in [2.24, 2.45) is 0 Å². The van der Waals surface area contributed by atoms with Crippen LogP contribution >= 0.6 is 0 Å². The van der Waals surface area contributed by atoms with Crippen LogP contribution in [-0.4, -0.2) is 34.1 Å². The summed E-state index contributed by atoms with van der Waals surface area (Å²) in [5.41, 5.74) is 0.0905. The highest BCUT2D eigenvalue weighted by atomic mass is 19.1. The summed E-state index contributed by atoms with van der Waals surface area (Å²) < 4.78 is 40.5. The zero-order chi connectivity index (χ0) is 26.8. The summed E-state index contributed by atoms with van der Waals surface area (Å²) in [6.45, 7) is 2.18. The number of benzene rings is 3. The fourth-order valence-corrected chi connectivity index (χ4v) is 2.64. The van der Waals surface area contributed by atoms with Crippen LogP contribution in [0.25, 0.3) is 0 Å². The Morgan fingerprint density at radius 2 is 1.19 bits per heavy atom. The van der Waals surface area contributed by atoms with Gasteiger partial charge in [0, 0.05) is 13.8 Å². The molecule has 0 aliphatic heterocycles. The Morgan fingerprint density at radius 3 is 1.62 bits per heavy atom. The quantitative estimate of drug-likeness (QED) is 0.356. The molecule has 9 nitrogen and oxygen atoms in total. The average Bonchev–Trinajstić information content (AvgIpc) is 2.81. The summed E-state index contributed by atoms with van der Waals surface area (Å²) in [6, 6.07) is 12.3. The van der Waals surface area contributed by atoms with Gasteiger partial charge in [-0.25, -0.2) is 18.4 Å². The van der Waals surface area contributed by atoms with Crippen molar-refractivity contribution in [3.05, 3.63) is 89.0 Å². The van der Waals surface area contributed by atoms with Crippen LogP contribution in [0.4, 0.5) is 8.78 Å². The monoisotopic (exact) mass is 518 g/mol. The molecule has 3 rings (SSSR count). The third kappa shape index (κ3) is 9.49. The van der Waals surface area contributed by atoms with Gasteiger partial charge in [0.05, 0.1) is 6.61 Å². The highest BCUT2D eigenvalue weighted by Gasteiger charge is 2.18. The zero-order valence-electron chi connectivity index (χ0n) is 19.0. The van der Waals surface area contributed by atoms with Gasteiger partial charge in [-0.2, -0.15) is 0 Å². The summed E-state index contributed by atoms with van der Waals surface area (Å²) in [6.07, 6.45) is 0. The fourth-order valence-electron chi connectivity index (χ4n) is 2.64. The minimum atomic E-state index is -1.35. The maximum atomic E-state index is 13.3. The van der Waals surface area contributed by atoms with Crippen molar-refractivity contribution in [2.45, 2.75) is 27.9 Å². The smallest absolute Gasteiger partial charge is 0.347 e. The molecule has 0 saturated heterocycles. The normalized spacial score (nSPS) is 9.65. The zero-order valence-corrected chi connectivity index (χ0v) is 19.0. The molecule has 0 unspecified atom stereocenters. The van der Waals surface area contributed by atoms with E-state index in [1.807, 2.05) is 0 Å². The van der Waals surface area contributed by atoms with E-state index in [9.17, 15) is 28.0 Å². The van der Waals surface area contributed by atoms with Gasteiger partial charge in [-0.15, -0.1) is 0 Å². The molecule has 0 aromatic heterocycles. The molecule has 0 atom stereocenters. The second kappa shape index (κ2) is 14.0. The molecule has 3 aromatic rings. The van der Waals surface area contributed by atoms with Gasteiger partial charge < -0.3 is 24.4 Å². The Labute approximate surface area is 210 Å². The van der Waals surface area contributed by atoms with E-state index in [0.717, 1.165) is 37.3 Å². The van der Waals surface area contributed by atoms with Gasteiger partial charge in [-0.3, -0.25) is 9.59 Å². The van der Waals surface area contributed by atoms with E-state index in [1.54, 1.807) is 12.1 Å². The van der Waals surface area contributed by atoms with Crippen LogP contribution in [-0.2, 0) is 16.2 Å². The number of esters is 3. The number of aliphatic hydroxyl groups is 1. The Morgan fingerprint density at radius 1 is 0.730 bits per heavy atom. The van der Waals surface area contributed by atoms with E-state index in [0.29, 0.717) is 5.56 Å². The molecule has 11 heteroatoms. The first-order valence-corrected chi connectivity index (χ1v) is 10.1. The topological polar surface area (TPSA) is 136 Å². The van der Waals surface area contributed by atoms with Crippen molar-refractivity contribution in [3.8, 4) is 17.2 Å². The molecule has 0 aliphatic carbocycles. The van der Waals surface area contributed by atoms with Gasteiger partial charge in [-0.05, 0) is 54.1 Å². The molecule has 0 saturated carbocycles. The fraction of sp³-hybridized carbons (Fsp3) is 0.154. The van der Waals surface area contributed by atoms with Crippen LogP contribution < -0.4 is 14.2 Å². The maximum absolute atomic E-state index is 13.3. The van der Waals surface area contributed by atoms with Gasteiger partial charge in [0.2, 0.25) is 0 Å². The molecule has 37 heavy (non-hydrogen) atoms. The summed E-state index contributed by atoms with van der Waals surface area (Å²) >= 11 is 0. The van der Waals surface area contributed by atoms with Gasteiger partial charge in [0.1, 0.15) is 40.0 Å². The van der Waals surface area contributed by atoms with Gasteiger partial charge >= 0.3 is 23.9 Å². The van der Waals surface area contributed by atoms with Crippen molar-refractivity contribution >= 4 is 23.9 Å². The first-order valence-electron chi connectivity index (χ1n) is 10.1. The molecule has 0 radical (unpaired) electrons. The van der Waals surface area contributed by atoms with Crippen LogP contribution in [0.2, 0.25) is 0 Å². The lowest BCUT2D eigenvalue weighted by atomic mass is 10.2. The lowest BCUT2D eigenvalue weighted by Gasteiger charge is -2.09. The summed E-state index contributed by atoms with van der Waals surface area (Å²) in [5.74, 6) is -4.85. The number of carboxylic acids is 1. The third-order valence-electron chi connectivity index (χ3n) is 4.16. The maximum Gasteiger partial charge on any atom is 0.347 e. The van der Waals surface area contributed by atoms with E-state index in [-0.39, 0.29) is 42.4 Å². The highest BCUT2D eigenvalue weighted by molar-refractivity contribution is 5.95. The molecule has 0 bridgehead atoms. The number of carboxylic acid groups (broad SMARTS) is 1. The number of hydrogen-bond acceptors (Lipinski definition) is 8. The number of rotatable bonds is 6. The molecular formula is C26H24F2O9. The number of carbonyl (C=O) groups excluding carboxylic acids is 3. The molecule has 0 aliphatic rings. The Hall–Kier alpha value is -4.64. The number of ether oxygens (including phenoxy) is 3. The minimum Gasteiger partial charge on any atom is -0.478 e. The summed E-state index contributed by atoms with van der Waals surface area (Å²) in [5, 5.41) is 17.6. The van der Waals surface area contributed by atoms with Crippen LogP contribution in [0, 0.1) is 11.6 Å². The summed E-state index contributed by atoms with van der Waals surface area (Å²) in [7, 11) is 0. The minimum absolute atomic E-state index is 0. The van der Waals surface area contributed by atoms with Crippen molar-refractivity contribution < 1.29 is 52.4 Å². The Bertz CT molecular complexity index is 1270. The third-order valence-corrected chi connectivity index (χ3v) is 4.16. The molecule has 0 spiro atoms. The Kier molecular flexibility index (Phi) is 11.5. The van der Waals surface area contributed by atoms with Crippen LogP contribution in [0.5, 0.6) is 17.2 Å². The van der Waals surface area contributed by atoms with Crippen molar-refractivity contribution in [2.75, 3.05) is 0 Å². The van der Waals surface area contributed by atoms with E-state index < -0.39 is 35.5 Å². The van der Waals surface area contributed by atoms with E-state index >= 15 is 0 Å². The second-order valence-corrected chi connectivity index (χ2v) is 6.96. The largest absolute Gasteiger partial charge is 0.478 e. The molecule has 0 heterocycles. The number of aliphatic hydroxyl groups excluding tert-OH is 1.